The zero-order chi connectivity index (χ0) is 18.8. The molecule has 1 aliphatic heterocycles. The van der Waals surface area contributed by atoms with E-state index >= 15 is 0 Å². The summed E-state index contributed by atoms with van der Waals surface area (Å²) >= 11 is 0. The first-order chi connectivity index (χ1) is 12.4. The Morgan fingerprint density at radius 3 is 2.08 bits per heavy atom. The molecule has 0 bridgehead atoms. The maximum Gasteiger partial charge on any atom is 0.0986 e. The van der Waals surface area contributed by atoms with Gasteiger partial charge in [-0.25, -0.2) is 0 Å². The van der Waals surface area contributed by atoms with Crippen LogP contribution in [0.5, 0.6) is 0 Å². The third-order valence-electron chi connectivity index (χ3n) is 5.67. The predicted molar refractivity (Wildman–Crippen MR) is 113 cm³/mol. The van der Waals surface area contributed by atoms with Gasteiger partial charge in [0.05, 0.1) is 6.67 Å². The van der Waals surface area contributed by atoms with Gasteiger partial charge >= 0.3 is 0 Å². The molecule has 3 rings (SSSR count). The second-order valence-electron chi connectivity index (χ2n) is 8.58. The van der Waals surface area contributed by atoms with Gasteiger partial charge in [-0.3, -0.25) is 0 Å². The average molecular weight is 351 g/mol. The van der Waals surface area contributed by atoms with Crippen LogP contribution in [0.3, 0.4) is 0 Å². The number of benzene rings is 1. The maximum absolute atomic E-state index is 2.45. The summed E-state index contributed by atoms with van der Waals surface area (Å²) < 4.78 is 0. The van der Waals surface area contributed by atoms with Crippen LogP contribution in [-0.2, 0) is 0 Å². The SMILES string of the molecule is CC(C)c1cccc(C(C)C)c1N1C=CN(C2=CC=CCC2C(C)C)C1. The Bertz CT molecular complexity index is 695. The van der Waals surface area contributed by atoms with Gasteiger partial charge in [-0.05, 0) is 41.4 Å². The molecule has 1 unspecified atom stereocenters. The second kappa shape index (κ2) is 7.73. The molecular formula is C24H34N2. The van der Waals surface area contributed by atoms with Gasteiger partial charge in [-0.2, -0.15) is 0 Å². The van der Waals surface area contributed by atoms with E-state index in [1.54, 1.807) is 0 Å². The summed E-state index contributed by atoms with van der Waals surface area (Å²) in [5.41, 5.74) is 5.75. The summed E-state index contributed by atoms with van der Waals surface area (Å²) in [6.07, 6.45) is 12.5. The topological polar surface area (TPSA) is 6.48 Å². The van der Waals surface area contributed by atoms with E-state index in [-0.39, 0.29) is 0 Å². The molecule has 1 atom stereocenters. The number of anilines is 1. The van der Waals surface area contributed by atoms with Gasteiger partial charge in [0, 0.05) is 29.7 Å². The van der Waals surface area contributed by atoms with Gasteiger partial charge in [0.1, 0.15) is 0 Å². The first-order valence-electron chi connectivity index (χ1n) is 10.1. The molecule has 26 heavy (non-hydrogen) atoms. The van der Waals surface area contributed by atoms with Crippen molar-refractivity contribution in [3.63, 3.8) is 0 Å². The van der Waals surface area contributed by atoms with Crippen LogP contribution in [0.4, 0.5) is 5.69 Å². The molecule has 1 aliphatic carbocycles. The number of hydrogen-bond donors (Lipinski definition) is 0. The third-order valence-corrected chi connectivity index (χ3v) is 5.67. The Hall–Kier alpha value is -1.96. The number of nitrogens with zero attached hydrogens (tertiary/aromatic N) is 2. The summed E-state index contributed by atoms with van der Waals surface area (Å²) in [5.74, 6) is 2.30. The molecule has 0 fully saturated rings. The first kappa shape index (κ1) is 18.8. The highest BCUT2D eigenvalue weighted by Gasteiger charge is 2.28. The van der Waals surface area contributed by atoms with Crippen LogP contribution >= 0.6 is 0 Å². The van der Waals surface area contributed by atoms with E-state index in [2.05, 4.69) is 100 Å². The van der Waals surface area contributed by atoms with Gasteiger partial charge in [0.2, 0.25) is 0 Å². The van der Waals surface area contributed by atoms with Gasteiger partial charge in [0.15, 0.2) is 0 Å². The van der Waals surface area contributed by atoms with E-state index in [4.69, 9.17) is 0 Å². The highest BCUT2D eigenvalue weighted by atomic mass is 15.3. The molecule has 2 heteroatoms. The fourth-order valence-electron chi connectivity index (χ4n) is 4.13. The average Bonchev–Trinajstić information content (AvgIpc) is 3.10. The van der Waals surface area contributed by atoms with E-state index < -0.39 is 0 Å². The van der Waals surface area contributed by atoms with Crippen molar-refractivity contribution in [3.8, 4) is 0 Å². The monoisotopic (exact) mass is 350 g/mol. The zero-order valence-corrected chi connectivity index (χ0v) is 17.2. The predicted octanol–water partition coefficient (Wildman–Crippen LogP) is 6.60. The Balaban J connectivity index is 1.91. The number of para-hydroxylation sites is 1. The standard InChI is InChI=1S/C24H34N2/c1-17(2)20-10-7-8-13-23(20)25-14-15-26(16-25)24-21(18(3)4)11-9-12-22(24)19(5)6/h7-9,11-15,17-20H,10,16H2,1-6H3. The lowest BCUT2D eigenvalue weighted by Gasteiger charge is -2.33. The third kappa shape index (κ3) is 3.60. The van der Waals surface area contributed by atoms with Crippen LogP contribution in [0.1, 0.15) is 70.9 Å². The number of allylic oxidation sites excluding steroid dienone is 4. The normalized spacial score (nSPS) is 20.0. The summed E-state index contributed by atoms with van der Waals surface area (Å²) in [5, 5.41) is 0. The van der Waals surface area contributed by atoms with Crippen molar-refractivity contribution in [2.45, 2.75) is 59.8 Å². The Kier molecular flexibility index (Phi) is 5.60. The molecule has 1 aromatic rings. The van der Waals surface area contributed by atoms with E-state index in [1.807, 2.05) is 0 Å². The van der Waals surface area contributed by atoms with Crippen molar-refractivity contribution in [3.05, 3.63) is 65.7 Å². The minimum absolute atomic E-state index is 0.520. The number of hydrogen-bond acceptors (Lipinski definition) is 2. The Labute approximate surface area is 159 Å². The lowest BCUT2D eigenvalue weighted by atomic mass is 9.86. The van der Waals surface area contributed by atoms with E-state index in [9.17, 15) is 0 Å². The van der Waals surface area contributed by atoms with Crippen LogP contribution < -0.4 is 4.90 Å². The highest BCUT2D eigenvalue weighted by Crippen LogP contribution is 2.39. The fraction of sp³-hybridized carbons (Fsp3) is 0.500. The van der Waals surface area contributed by atoms with Crippen LogP contribution in [0.25, 0.3) is 0 Å². The summed E-state index contributed by atoms with van der Waals surface area (Å²) in [7, 11) is 0. The van der Waals surface area contributed by atoms with Crippen molar-refractivity contribution >= 4 is 5.69 Å². The molecule has 2 nitrogen and oxygen atoms in total. The minimum atomic E-state index is 0.520. The summed E-state index contributed by atoms with van der Waals surface area (Å²) in [6.45, 7) is 14.8. The molecule has 0 saturated carbocycles. The molecule has 0 aromatic heterocycles. The van der Waals surface area contributed by atoms with Gasteiger partial charge in [-0.15, -0.1) is 0 Å². The Morgan fingerprint density at radius 2 is 1.50 bits per heavy atom. The van der Waals surface area contributed by atoms with Crippen molar-refractivity contribution in [2.24, 2.45) is 11.8 Å². The van der Waals surface area contributed by atoms with Gasteiger partial charge < -0.3 is 9.80 Å². The summed E-state index contributed by atoms with van der Waals surface area (Å²) in [6, 6.07) is 6.80. The lowest BCUT2D eigenvalue weighted by Crippen LogP contribution is -2.31. The van der Waals surface area contributed by atoms with Crippen LogP contribution in [0, 0.1) is 11.8 Å². The smallest absolute Gasteiger partial charge is 0.0986 e. The quantitative estimate of drug-likeness (QED) is 0.590. The lowest BCUT2D eigenvalue weighted by molar-refractivity contribution is 0.344. The molecule has 1 aromatic carbocycles. The van der Waals surface area contributed by atoms with E-state index in [0.717, 1.165) is 13.1 Å². The molecule has 2 aliphatic rings. The maximum atomic E-state index is 2.45. The molecular weight excluding hydrogens is 316 g/mol. The number of rotatable bonds is 5. The van der Waals surface area contributed by atoms with Crippen LogP contribution in [-0.4, -0.2) is 11.6 Å². The fourth-order valence-corrected chi connectivity index (χ4v) is 4.13. The molecule has 1 heterocycles. The second-order valence-corrected chi connectivity index (χ2v) is 8.58. The first-order valence-corrected chi connectivity index (χ1v) is 10.1. The van der Waals surface area contributed by atoms with Crippen LogP contribution in [0.15, 0.2) is 54.5 Å². The molecule has 0 radical (unpaired) electrons. The summed E-state index contributed by atoms with van der Waals surface area (Å²) in [4.78, 5) is 4.89. The van der Waals surface area contributed by atoms with Crippen molar-refractivity contribution in [2.75, 3.05) is 11.6 Å². The van der Waals surface area contributed by atoms with E-state index in [1.165, 1.54) is 22.5 Å². The minimum Gasteiger partial charge on any atom is -0.331 e. The molecule has 0 N–H and O–H groups in total. The molecule has 140 valence electrons. The van der Waals surface area contributed by atoms with E-state index in [0.29, 0.717) is 23.7 Å². The van der Waals surface area contributed by atoms with Gasteiger partial charge in [0.25, 0.3) is 0 Å². The molecule has 0 saturated heterocycles. The molecule has 0 amide bonds. The van der Waals surface area contributed by atoms with Crippen molar-refractivity contribution in [1.29, 1.82) is 0 Å². The zero-order valence-electron chi connectivity index (χ0n) is 17.2. The molecule has 0 spiro atoms. The van der Waals surface area contributed by atoms with Crippen molar-refractivity contribution < 1.29 is 0 Å². The Morgan fingerprint density at radius 1 is 0.885 bits per heavy atom. The largest absolute Gasteiger partial charge is 0.331 e. The van der Waals surface area contributed by atoms with Gasteiger partial charge in [-0.1, -0.05) is 71.9 Å². The van der Waals surface area contributed by atoms with Crippen LogP contribution in [0.2, 0.25) is 0 Å². The van der Waals surface area contributed by atoms with Crippen molar-refractivity contribution in [1.82, 2.24) is 4.90 Å². The highest BCUT2D eigenvalue weighted by molar-refractivity contribution is 5.64.